The van der Waals surface area contributed by atoms with Gasteiger partial charge in [-0.15, -0.1) is 0 Å². The zero-order chi connectivity index (χ0) is 77.9. The highest BCUT2D eigenvalue weighted by molar-refractivity contribution is 6.02. The third-order valence-electron chi connectivity index (χ3n) is 27.0. The summed E-state index contributed by atoms with van der Waals surface area (Å²) in [6.45, 7) is 28.3. The fourth-order valence-electron chi connectivity index (χ4n) is 19.6. The van der Waals surface area contributed by atoms with Crippen molar-refractivity contribution >= 4 is 43.1 Å². The first-order valence-electron chi connectivity index (χ1n) is 40.4. The van der Waals surface area contributed by atoms with Gasteiger partial charge >= 0.3 is 0 Å². The second-order valence-corrected chi connectivity index (χ2v) is 34.4. The van der Waals surface area contributed by atoms with E-state index >= 15 is 0 Å². The maximum absolute atomic E-state index is 2.44. The van der Waals surface area contributed by atoms with Gasteiger partial charge in [0.1, 0.15) is 28.2 Å². The van der Waals surface area contributed by atoms with Crippen LogP contribution < -0.4 is 18.3 Å². The molecule has 4 heteroatoms. The van der Waals surface area contributed by atoms with E-state index in [1.54, 1.807) is 0 Å². The minimum absolute atomic E-state index is 0.00470. The predicted octanol–water partition coefficient (Wildman–Crippen LogP) is 24.6. The van der Waals surface area contributed by atoms with E-state index in [0.717, 1.165) is 25.7 Å². The van der Waals surface area contributed by atoms with Gasteiger partial charge < -0.3 is 0 Å². The molecule has 4 heterocycles. The van der Waals surface area contributed by atoms with Gasteiger partial charge in [0.15, 0.2) is 24.8 Å². The summed E-state index contributed by atoms with van der Waals surface area (Å²) in [6.07, 6.45) is 13.0. The maximum atomic E-state index is 2.44. The zero-order valence-corrected chi connectivity index (χ0v) is 68.3. The second-order valence-electron chi connectivity index (χ2n) is 34.4. The molecule has 0 radical (unpaired) electrons. The number of aryl methyl sites for hydroxylation is 10. The van der Waals surface area contributed by atoms with Crippen LogP contribution in [0.1, 0.15) is 122 Å². The molecular weight excluding hydrogens is 1350 g/mol. The Morgan fingerprint density at radius 3 is 1.18 bits per heavy atom. The van der Waals surface area contributed by atoms with Crippen molar-refractivity contribution < 1.29 is 18.3 Å². The van der Waals surface area contributed by atoms with Gasteiger partial charge in [-0.3, -0.25) is 0 Å². The van der Waals surface area contributed by atoms with Crippen molar-refractivity contribution in [1.29, 1.82) is 0 Å². The topological polar surface area (TPSA) is 15.5 Å². The molecule has 0 unspecified atom stereocenters. The Kier molecular flexibility index (Phi) is 18.4. The average Bonchev–Trinajstić information content (AvgIpc) is 0.701. The van der Waals surface area contributed by atoms with Crippen molar-refractivity contribution in [3.8, 4) is 89.5 Å². The van der Waals surface area contributed by atoms with E-state index in [2.05, 4.69) is 421 Å². The largest absolute Gasteiger partial charge is 0.212 e. The number of hydrogen-bond acceptors (Lipinski definition) is 0. The Labute approximate surface area is 663 Å². The van der Waals surface area contributed by atoms with Crippen LogP contribution in [0.3, 0.4) is 0 Å². The third-order valence-corrected chi connectivity index (χ3v) is 27.0. The van der Waals surface area contributed by atoms with Crippen LogP contribution in [0.2, 0.25) is 0 Å². The van der Waals surface area contributed by atoms with Gasteiger partial charge in [0.25, 0.3) is 0 Å². The van der Waals surface area contributed by atoms with Crippen molar-refractivity contribution in [3.63, 3.8) is 0 Å². The molecule has 0 saturated heterocycles. The fourth-order valence-corrected chi connectivity index (χ4v) is 19.6. The van der Waals surface area contributed by atoms with Crippen LogP contribution in [0.4, 0.5) is 0 Å². The molecule has 0 N–H and O–H groups in total. The monoisotopic (exact) mass is 1460 g/mol. The van der Waals surface area contributed by atoms with Crippen LogP contribution in [-0.2, 0) is 75.5 Å². The number of rotatable bonds is 4. The van der Waals surface area contributed by atoms with Crippen LogP contribution >= 0.6 is 0 Å². The Morgan fingerprint density at radius 2 is 0.616 bits per heavy atom. The molecule has 112 heavy (non-hydrogen) atoms. The molecule has 0 fully saturated rings. The van der Waals surface area contributed by atoms with Gasteiger partial charge in [-0.05, 0) is 267 Å². The van der Waals surface area contributed by atoms with Crippen molar-refractivity contribution in [2.45, 2.75) is 130 Å². The van der Waals surface area contributed by atoms with Gasteiger partial charge in [-0.25, -0.2) is 18.3 Å². The smallest absolute Gasteiger partial charge is 0.201 e. The summed E-state index contributed by atoms with van der Waals surface area (Å²) in [4.78, 5) is 0. The van der Waals surface area contributed by atoms with Crippen molar-refractivity contribution in [2.75, 3.05) is 0 Å². The van der Waals surface area contributed by atoms with Crippen LogP contribution in [0.5, 0.6) is 0 Å². The fraction of sp³-hybridized carbons (Fsp3) is 0.222. The lowest BCUT2D eigenvalue weighted by atomic mass is 9.54. The Balaban J connectivity index is 0.000000109. The van der Waals surface area contributed by atoms with E-state index in [4.69, 9.17) is 0 Å². The number of aromatic nitrogens is 4. The minimum atomic E-state index is -0.0258. The standard InChI is InChI=1S/2C29H30N.2C25H22N/c1-19-17-25-24(18-23(19)26-13-9-10-16-30(26)6)22-15-14-20-11-7-8-12-21(20)27(22)29(4,5)28(25,2)3;1-19-14-15-22-23-17-20-11-7-8-12-21(20)18-24(23)28(2,3)29(4,5)27(22)26(19)25-13-9-10-16-30(25)6;1-17-10-14-22-21(24(17)23-9-5-6-16-26(23)2)15-13-19-12-11-18-7-3-4-8-20(18)25(19)22;1-17-10-12-21-22(25(17)24-9-5-6-14-26(24)2)13-11-20-15-18-7-3-4-8-19(18)16-23(20)21/h2*7-18H,1-6H3;3-12,14,16H,13,15H2,1-2H3;3-10,12,14-16H,11,13H2,1-2H3/q4*+1. The summed E-state index contributed by atoms with van der Waals surface area (Å²) in [7, 11) is 8.55. The quantitative estimate of drug-likeness (QED) is 0.156. The van der Waals surface area contributed by atoms with Crippen LogP contribution in [-0.4, -0.2) is 0 Å². The molecule has 0 atom stereocenters. The molecule has 4 aliphatic carbocycles. The summed E-state index contributed by atoms with van der Waals surface area (Å²) in [6, 6.07) is 98.5. The first kappa shape index (κ1) is 73.1. The molecule has 0 spiro atoms. The second kappa shape index (κ2) is 28.2. The molecule has 20 rings (SSSR count). The lowest BCUT2D eigenvalue weighted by Gasteiger charge is -2.49. The average molecular weight is 1460 g/mol. The van der Waals surface area contributed by atoms with E-state index in [-0.39, 0.29) is 21.7 Å². The van der Waals surface area contributed by atoms with Crippen LogP contribution in [0.25, 0.3) is 133 Å². The molecule has 0 bridgehead atoms. The number of pyridine rings is 4. The molecule has 4 aromatic heterocycles. The molecule has 16 aromatic rings. The van der Waals surface area contributed by atoms with Crippen LogP contribution in [0, 0.1) is 27.7 Å². The molecule has 4 nitrogen and oxygen atoms in total. The van der Waals surface area contributed by atoms with E-state index in [1.807, 2.05) is 0 Å². The van der Waals surface area contributed by atoms with Gasteiger partial charge in [-0.2, -0.15) is 0 Å². The maximum Gasteiger partial charge on any atom is 0.212 e. The summed E-state index contributed by atoms with van der Waals surface area (Å²) < 4.78 is 8.94. The Morgan fingerprint density at radius 1 is 0.232 bits per heavy atom. The van der Waals surface area contributed by atoms with Crippen molar-refractivity contribution in [3.05, 3.63) is 358 Å². The summed E-state index contributed by atoms with van der Waals surface area (Å²) >= 11 is 0. The normalized spacial score (nSPS) is 14.6. The summed E-state index contributed by atoms with van der Waals surface area (Å²) in [5.41, 5.74) is 39.0. The molecule has 0 saturated carbocycles. The van der Waals surface area contributed by atoms with Gasteiger partial charge in [0.2, 0.25) is 22.8 Å². The first-order chi connectivity index (χ1) is 53.9. The van der Waals surface area contributed by atoms with E-state index in [1.165, 1.54) is 199 Å². The molecule has 4 aliphatic rings. The van der Waals surface area contributed by atoms with Crippen molar-refractivity contribution in [1.82, 2.24) is 0 Å². The summed E-state index contributed by atoms with van der Waals surface area (Å²) in [5.74, 6) is 0. The van der Waals surface area contributed by atoms with Crippen LogP contribution in [0.15, 0.2) is 292 Å². The van der Waals surface area contributed by atoms with E-state index in [9.17, 15) is 0 Å². The lowest BCUT2D eigenvalue weighted by molar-refractivity contribution is -0.660. The van der Waals surface area contributed by atoms with Gasteiger partial charge in [0.05, 0.1) is 16.7 Å². The van der Waals surface area contributed by atoms with E-state index in [0.29, 0.717) is 0 Å². The highest BCUT2D eigenvalue weighted by Crippen LogP contribution is 2.59. The SMILES string of the molecule is Cc1cc2c(cc1-c1cccc[n+]1C)-c1ccc3ccccc3c1C(C)(C)C2(C)C.Cc1ccc2c(c1-c1cccc[n+]1C)C(C)(C)C(C)(C)c1cc3ccccc3cc1-2.Cc1ccc2c(c1-c1cccc[n+]1C)CCc1cc3ccccc3cc1-2.Cc1ccc2c(c1-c1cccc[n+]1C)CCc1ccc3ccccc3c1-2. The molecule has 552 valence electrons. The zero-order valence-electron chi connectivity index (χ0n) is 68.3. The van der Waals surface area contributed by atoms with Gasteiger partial charge in [-0.1, -0.05) is 225 Å². The highest BCUT2D eigenvalue weighted by atomic mass is 14.9. The minimum Gasteiger partial charge on any atom is -0.201 e. The van der Waals surface area contributed by atoms with Gasteiger partial charge in [0, 0.05) is 64.9 Å². The number of nitrogens with zero attached hydrogens (tertiary/aromatic N) is 4. The summed E-state index contributed by atoms with van der Waals surface area (Å²) in [5, 5.41) is 10.7. The Hall–Kier alpha value is -11.7. The number of fused-ring (bicyclic) bond motifs is 18. The highest BCUT2D eigenvalue weighted by Gasteiger charge is 2.49. The molecule has 0 aliphatic heterocycles. The molecule has 0 amide bonds. The first-order valence-corrected chi connectivity index (χ1v) is 40.4. The van der Waals surface area contributed by atoms with Crippen molar-refractivity contribution in [2.24, 2.45) is 28.2 Å². The number of hydrogen-bond donors (Lipinski definition) is 0. The third kappa shape index (κ3) is 12.1. The molecular formula is C108H104N4+4. The van der Waals surface area contributed by atoms with E-state index < -0.39 is 0 Å². The molecule has 12 aromatic carbocycles. The number of benzene rings is 12. The Bertz CT molecular complexity index is 6480. The predicted molar refractivity (Wildman–Crippen MR) is 470 cm³/mol. The lowest BCUT2D eigenvalue weighted by Crippen LogP contribution is -2.44.